The molecule has 1 spiro atoms. The second-order valence-corrected chi connectivity index (χ2v) is 10.9. The summed E-state index contributed by atoms with van der Waals surface area (Å²) in [7, 11) is 0. The molecule has 4 aromatic rings. The Morgan fingerprint density at radius 3 is 2.48 bits per heavy atom. The van der Waals surface area contributed by atoms with E-state index in [0.717, 1.165) is 72.2 Å². The molecule has 3 heterocycles. The van der Waals surface area contributed by atoms with E-state index >= 15 is 0 Å². The number of carbonyl (C=O) groups is 1. The summed E-state index contributed by atoms with van der Waals surface area (Å²) in [6.45, 7) is 3.28. The maximum Gasteiger partial charge on any atom is 0.407 e. The molecule has 1 aliphatic heterocycles. The van der Waals surface area contributed by atoms with E-state index in [4.69, 9.17) is 24.7 Å². The van der Waals surface area contributed by atoms with Crippen LogP contribution in [-0.4, -0.2) is 52.3 Å². The molecule has 1 amide bonds. The lowest BCUT2D eigenvalue weighted by Crippen LogP contribution is -2.53. The number of aromatic nitrogens is 3. The van der Waals surface area contributed by atoms with Crippen molar-refractivity contribution in [2.45, 2.75) is 63.3 Å². The summed E-state index contributed by atoms with van der Waals surface area (Å²) in [4.78, 5) is 20.9. The van der Waals surface area contributed by atoms with Crippen LogP contribution in [0.4, 0.5) is 10.6 Å². The van der Waals surface area contributed by atoms with Crippen LogP contribution in [-0.2, 0) is 14.2 Å². The van der Waals surface area contributed by atoms with Crippen LogP contribution < -0.4 is 15.8 Å². The summed E-state index contributed by atoms with van der Waals surface area (Å²) in [5, 5.41) is 3.69. The van der Waals surface area contributed by atoms with Crippen LogP contribution >= 0.6 is 0 Å². The number of amides is 1. The minimum absolute atomic E-state index is 0.207. The largest absolute Gasteiger partial charge is 0.457 e. The van der Waals surface area contributed by atoms with Gasteiger partial charge in [-0.25, -0.2) is 14.8 Å². The van der Waals surface area contributed by atoms with Gasteiger partial charge >= 0.3 is 6.09 Å². The van der Waals surface area contributed by atoms with Crippen LogP contribution in [0.3, 0.4) is 0 Å². The minimum Gasteiger partial charge on any atom is -0.457 e. The Bertz CT molecular complexity index is 1490. The van der Waals surface area contributed by atoms with E-state index < -0.39 is 11.9 Å². The van der Waals surface area contributed by atoms with Gasteiger partial charge in [0.25, 0.3) is 0 Å². The van der Waals surface area contributed by atoms with Gasteiger partial charge in [-0.2, -0.15) is 0 Å². The summed E-state index contributed by atoms with van der Waals surface area (Å²) in [5.41, 5.74) is 9.21. The lowest BCUT2D eigenvalue weighted by molar-refractivity contribution is -0.288. The molecule has 0 unspecified atom stereocenters. The van der Waals surface area contributed by atoms with E-state index in [1.165, 1.54) is 6.33 Å². The number of unbranched alkanes of at least 4 members (excludes halogenated alkanes) is 1. The summed E-state index contributed by atoms with van der Waals surface area (Å²) in [6, 6.07) is 17.7. The SMILES string of the molecule is CCCCOC(=O)NC1COC2(CCC(n3cc(-c4ccc(Oc5ccccc5)cc4)c4c(N)ncnc43)CC2)OC1. The Hall–Kier alpha value is -4.15. The first-order valence-corrected chi connectivity index (χ1v) is 14.7. The minimum atomic E-state index is -0.630. The van der Waals surface area contributed by atoms with E-state index in [1.54, 1.807) is 0 Å². The Kier molecular flexibility index (Phi) is 8.25. The summed E-state index contributed by atoms with van der Waals surface area (Å²) >= 11 is 0. The molecule has 2 aromatic heterocycles. The molecule has 2 fully saturated rings. The third-order valence-corrected chi connectivity index (χ3v) is 8.04. The molecule has 0 radical (unpaired) electrons. The van der Waals surface area contributed by atoms with Crippen molar-refractivity contribution in [3.8, 4) is 22.6 Å². The van der Waals surface area contributed by atoms with Gasteiger partial charge < -0.3 is 34.6 Å². The molecule has 220 valence electrons. The number of ether oxygens (including phenoxy) is 4. The molecule has 0 atom stereocenters. The van der Waals surface area contributed by atoms with Gasteiger partial charge in [0.15, 0.2) is 5.79 Å². The normalized spacial score (nSPS) is 22.2. The lowest BCUT2D eigenvalue weighted by atomic mass is 9.89. The summed E-state index contributed by atoms with van der Waals surface area (Å²) in [6.07, 6.45) is 8.26. The number of alkyl carbamates (subject to hydrolysis) is 1. The highest BCUT2D eigenvalue weighted by Gasteiger charge is 2.42. The Balaban J connectivity index is 1.13. The zero-order valence-corrected chi connectivity index (χ0v) is 23.8. The molecule has 1 saturated heterocycles. The quantitative estimate of drug-likeness (QED) is 0.239. The lowest BCUT2D eigenvalue weighted by Gasteiger charge is -2.44. The highest BCUT2D eigenvalue weighted by atomic mass is 16.7. The fraction of sp³-hybridized carbons (Fsp3) is 0.406. The number of nitrogens with zero attached hydrogens (tertiary/aromatic N) is 3. The van der Waals surface area contributed by atoms with Crippen LogP contribution in [0.2, 0.25) is 0 Å². The van der Waals surface area contributed by atoms with Gasteiger partial charge in [-0.3, -0.25) is 0 Å². The van der Waals surface area contributed by atoms with Crippen molar-refractivity contribution in [3.63, 3.8) is 0 Å². The van der Waals surface area contributed by atoms with Crippen molar-refractivity contribution in [1.82, 2.24) is 19.9 Å². The number of anilines is 1. The van der Waals surface area contributed by atoms with Gasteiger partial charge in [-0.05, 0) is 49.1 Å². The first kappa shape index (κ1) is 28.0. The van der Waals surface area contributed by atoms with Crippen molar-refractivity contribution in [3.05, 3.63) is 67.1 Å². The van der Waals surface area contributed by atoms with E-state index in [-0.39, 0.29) is 12.1 Å². The molecule has 1 aliphatic carbocycles. The van der Waals surface area contributed by atoms with Crippen molar-refractivity contribution in [1.29, 1.82) is 0 Å². The summed E-state index contributed by atoms with van der Waals surface area (Å²) in [5.74, 6) is 1.37. The number of nitrogens with one attached hydrogen (secondary N) is 1. The molecule has 1 saturated carbocycles. The molecular formula is C32H37N5O5. The van der Waals surface area contributed by atoms with Gasteiger partial charge in [0.1, 0.15) is 29.3 Å². The van der Waals surface area contributed by atoms with E-state index in [0.29, 0.717) is 25.6 Å². The monoisotopic (exact) mass is 571 g/mol. The number of carbonyl (C=O) groups excluding carboxylic acids is 1. The number of benzene rings is 2. The zero-order chi connectivity index (χ0) is 28.9. The molecule has 42 heavy (non-hydrogen) atoms. The maximum atomic E-state index is 12.0. The van der Waals surface area contributed by atoms with Crippen LogP contribution in [0.15, 0.2) is 67.1 Å². The molecule has 0 bridgehead atoms. The number of hydrogen-bond acceptors (Lipinski definition) is 8. The number of para-hydroxylation sites is 1. The standard InChI is InChI=1S/C32H37N5O5/c1-2-3-17-39-31(38)36-23-19-40-32(41-20-23)15-13-24(14-16-32)37-18-27(28-29(33)34-21-35-30(28)37)22-9-11-26(12-10-22)42-25-7-5-4-6-8-25/h4-12,18,21,23-24H,2-3,13-17,19-20H2,1H3,(H,36,38)(H2,33,34,35). The average Bonchev–Trinajstić information content (AvgIpc) is 3.41. The second kappa shape index (κ2) is 12.4. The van der Waals surface area contributed by atoms with Crippen LogP contribution in [0.25, 0.3) is 22.2 Å². The number of nitrogen functional groups attached to an aromatic ring is 1. The van der Waals surface area contributed by atoms with Crippen LogP contribution in [0.5, 0.6) is 11.5 Å². The van der Waals surface area contributed by atoms with Crippen molar-refractivity contribution in [2.75, 3.05) is 25.6 Å². The van der Waals surface area contributed by atoms with Crippen molar-refractivity contribution in [2.24, 2.45) is 0 Å². The highest BCUT2D eigenvalue weighted by molar-refractivity contribution is 6.00. The molecule has 2 aliphatic rings. The fourth-order valence-corrected chi connectivity index (χ4v) is 5.74. The molecule has 6 rings (SSSR count). The van der Waals surface area contributed by atoms with Gasteiger partial charge in [0, 0.05) is 30.6 Å². The van der Waals surface area contributed by atoms with Gasteiger partial charge in [0.05, 0.1) is 31.2 Å². The molecule has 2 aromatic carbocycles. The first-order valence-electron chi connectivity index (χ1n) is 14.7. The van der Waals surface area contributed by atoms with E-state index in [2.05, 4.69) is 33.0 Å². The second-order valence-electron chi connectivity index (χ2n) is 10.9. The highest BCUT2D eigenvalue weighted by Crippen LogP contribution is 2.43. The van der Waals surface area contributed by atoms with E-state index in [1.807, 2.05) is 54.6 Å². The number of fused-ring (bicyclic) bond motifs is 1. The van der Waals surface area contributed by atoms with Gasteiger partial charge in [0.2, 0.25) is 0 Å². The fourth-order valence-electron chi connectivity index (χ4n) is 5.74. The van der Waals surface area contributed by atoms with Gasteiger partial charge in [-0.1, -0.05) is 43.7 Å². The maximum absolute atomic E-state index is 12.0. The van der Waals surface area contributed by atoms with Crippen molar-refractivity contribution < 1.29 is 23.7 Å². The summed E-state index contributed by atoms with van der Waals surface area (Å²) < 4.78 is 25.8. The number of hydrogen-bond donors (Lipinski definition) is 2. The Morgan fingerprint density at radius 2 is 1.76 bits per heavy atom. The molecule has 10 heteroatoms. The third kappa shape index (κ3) is 6.05. The zero-order valence-electron chi connectivity index (χ0n) is 23.8. The van der Waals surface area contributed by atoms with Crippen molar-refractivity contribution >= 4 is 22.9 Å². The third-order valence-electron chi connectivity index (χ3n) is 8.04. The Labute approximate surface area is 245 Å². The van der Waals surface area contributed by atoms with Gasteiger partial charge in [-0.15, -0.1) is 0 Å². The molecule has 10 nitrogen and oxygen atoms in total. The number of nitrogens with two attached hydrogens (primary N) is 1. The smallest absolute Gasteiger partial charge is 0.407 e. The first-order chi connectivity index (χ1) is 20.5. The number of rotatable bonds is 8. The van der Waals surface area contributed by atoms with Crippen LogP contribution in [0.1, 0.15) is 51.5 Å². The topological polar surface area (TPSA) is 123 Å². The average molecular weight is 572 g/mol. The predicted octanol–water partition coefficient (Wildman–Crippen LogP) is 6.23. The molecule has 3 N–H and O–H groups in total. The van der Waals surface area contributed by atoms with E-state index in [9.17, 15) is 4.79 Å². The van der Waals surface area contributed by atoms with Crippen LogP contribution in [0, 0.1) is 0 Å². The Morgan fingerprint density at radius 1 is 1.05 bits per heavy atom. The molecular weight excluding hydrogens is 534 g/mol. The predicted molar refractivity (Wildman–Crippen MR) is 159 cm³/mol.